The van der Waals surface area contributed by atoms with Gasteiger partial charge in [-0.2, -0.15) is 13.2 Å². The summed E-state index contributed by atoms with van der Waals surface area (Å²) in [5.41, 5.74) is 1.72. The third-order valence-corrected chi connectivity index (χ3v) is 4.92. The Kier molecular flexibility index (Phi) is 3.41. The lowest BCUT2D eigenvalue weighted by Gasteiger charge is -2.37. The van der Waals surface area contributed by atoms with Crippen LogP contribution in [0, 0.1) is 11.7 Å². The number of fused-ring (bicyclic) bond motifs is 3. The van der Waals surface area contributed by atoms with Crippen LogP contribution in [-0.4, -0.2) is 0 Å². The van der Waals surface area contributed by atoms with Gasteiger partial charge >= 0.3 is 6.18 Å². The molecule has 3 atom stereocenters. The molecule has 5 heteroatoms. The summed E-state index contributed by atoms with van der Waals surface area (Å²) in [6, 6.07) is 10.1. The molecule has 1 nitrogen and oxygen atoms in total. The molecular weight excluding hydrogens is 318 g/mol. The lowest BCUT2D eigenvalue weighted by Crippen LogP contribution is -2.29. The fourth-order valence-corrected chi connectivity index (χ4v) is 3.77. The average molecular weight is 333 g/mol. The Labute approximate surface area is 137 Å². The maximum Gasteiger partial charge on any atom is 0.416 e. The van der Waals surface area contributed by atoms with Crippen molar-refractivity contribution in [2.75, 3.05) is 5.32 Å². The van der Waals surface area contributed by atoms with E-state index in [9.17, 15) is 17.6 Å². The van der Waals surface area contributed by atoms with E-state index in [4.69, 9.17) is 0 Å². The first-order valence-corrected chi connectivity index (χ1v) is 7.83. The topological polar surface area (TPSA) is 12.0 Å². The molecule has 1 heterocycles. The lowest BCUT2D eigenvalue weighted by atomic mass is 9.76. The number of halogens is 4. The summed E-state index contributed by atoms with van der Waals surface area (Å²) < 4.78 is 52.2. The van der Waals surface area contributed by atoms with Gasteiger partial charge in [0.05, 0.1) is 11.6 Å². The van der Waals surface area contributed by atoms with E-state index in [1.54, 1.807) is 12.1 Å². The van der Waals surface area contributed by atoms with Crippen LogP contribution in [0.1, 0.15) is 35.1 Å². The third kappa shape index (κ3) is 2.48. The molecule has 0 bridgehead atoms. The number of alkyl halides is 3. The van der Waals surface area contributed by atoms with E-state index in [1.807, 2.05) is 12.2 Å². The number of allylic oxidation sites excluding steroid dienone is 2. The van der Waals surface area contributed by atoms with Crippen molar-refractivity contribution in [2.24, 2.45) is 5.92 Å². The van der Waals surface area contributed by atoms with Crippen LogP contribution in [0.4, 0.5) is 23.2 Å². The largest absolute Gasteiger partial charge is 0.416 e. The summed E-state index contributed by atoms with van der Waals surface area (Å²) in [5.74, 6) is -0.226. The maximum atomic E-state index is 13.2. The van der Waals surface area contributed by atoms with Crippen molar-refractivity contribution in [3.63, 3.8) is 0 Å². The molecule has 4 rings (SSSR count). The molecule has 0 aromatic heterocycles. The van der Waals surface area contributed by atoms with Crippen LogP contribution in [0.25, 0.3) is 0 Å². The van der Waals surface area contributed by atoms with Gasteiger partial charge in [0.25, 0.3) is 0 Å². The minimum absolute atomic E-state index is 0.0464. The first kappa shape index (κ1) is 15.2. The van der Waals surface area contributed by atoms with Crippen molar-refractivity contribution in [3.05, 3.63) is 77.1 Å². The van der Waals surface area contributed by atoms with Crippen molar-refractivity contribution >= 4 is 5.69 Å². The van der Waals surface area contributed by atoms with Gasteiger partial charge in [0.15, 0.2) is 0 Å². The molecule has 0 spiro atoms. The number of benzene rings is 2. The number of nitrogens with one attached hydrogen (secondary N) is 1. The first-order chi connectivity index (χ1) is 11.4. The van der Waals surface area contributed by atoms with E-state index < -0.39 is 11.7 Å². The van der Waals surface area contributed by atoms with E-state index in [0.717, 1.165) is 18.1 Å². The number of anilines is 1. The van der Waals surface area contributed by atoms with Crippen LogP contribution in [0.3, 0.4) is 0 Å². The quantitative estimate of drug-likeness (QED) is 0.524. The van der Waals surface area contributed by atoms with Crippen LogP contribution in [-0.2, 0) is 6.18 Å². The van der Waals surface area contributed by atoms with Crippen LogP contribution in [0.5, 0.6) is 0 Å². The van der Waals surface area contributed by atoms with E-state index >= 15 is 0 Å². The molecule has 2 aliphatic rings. The SMILES string of the molecule is Fc1ccc([C@@H]2Nc3ccc(C(F)(F)F)cc3[C@@H]3C=CC[C@H]32)cc1. The summed E-state index contributed by atoms with van der Waals surface area (Å²) in [7, 11) is 0. The Hall–Kier alpha value is -2.30. The van der Waals surface area contributed by atoms with Crippen LogP contribution in [0.15, 0.2) is 54.6 Å². The van der Waals surface area contributed by atoms with Gasteiger partial charge in [0.2, 0.25) is 0 Å². The third-order valence-electron chi connectivity index (χ3n) is 4.92. The van der Waals surface area contributed by atoms with Gasteiger partial charge in [-0.3, -0.25) is 0 Å². The predicted octanol–water partition coefficient (Wildman–Crippen LogP) is 5.67. The highest BCUT2D eigenvalue weighted by molar-refractivity contribution is 5.61. The van der Waals surface area contributed by atoms with Crippen molar-refractivity contribution in [3.8, 4) is 0 Å². The summed E-state index contributed by atoms with van der Waals surface area (Å²) >= 11 is 0. The Morgan fingerprint density at radius 2 is 1.75 bits per heavy atom. The molecule has 0 saturated heterocycles. The second-order valence-electron chi connectivity index (χ2n) is 6.33. The number of rotatable bonds is 1. The Morgan fingerprint density at radius 3 is 2.46 bits per heavy atom. The highest BCUT2D eigenvalue weighted by atomic mass is 19.4. The molecule has 1 aliphatic carbocycles. The second kappa shape index (κ2) is 5.36. The van der Waals surface area contributed by atoms with Gasteiger partial charge < -0.3 is 5.32 Å². The molecule has 1 N–H and O–H groups in total. The Morgan fingerprint density at radius 1 is 1.00 bits per heavy atom. The highest BCUT2D eigenvalue weighted by Gasteiger charge is 2.39. The molecular formula is C19H15F4N. The van der Waals surface area contributed by atoms with Gasteiger partial charge in [-0.1, -0.05) is 24.3 Å². The zero-order valence-electron chi connectivity index (χ0n) is 12.6. The molecule has 0 fully saturated rings. The van der Waals surface area contributed by atoms with Gasteiger partial charge in [-0.25, -0.2) is 4.39 Å². The van der Waals surface area contributed by atoms with Crippen molar-refractivity contribution < 1.29 is 17.6 Å². The minimum atomic E-state index is -4.35. The summed E-state index contributed by atoms with van der Waals surface area (Å²) in [6.07, 6.45) is 0.444. The minimum Gasteiger partial charge on any atom is -0.378 e. The van der Waals surface area contributed by atoms with E-state index in [0.29, 0.717) is 11.3 Å². The van der Waals surface area contributed by atoms with Crippen molar-refractivity contribution in [1.82, 2.24) is 0 Å². The van der Waals surface area contributed by atoms with E-state index in [2.05, 4.69) is 5.32 Å². The zero-order chi connectivity index (χ0) is 16.9. The van der Waals surface area contributed by atoms with Crippen LogP contribution < -0.4 is 5.32 Å². The second-order valence-corrected chi connectivity index (χ2v) is 6.33. The van der Waals surface area contributed by atoms with Gasteiger partial charge in [-0.05, 0) is 53.8 Å². The van der Waals surface area contributed by atoms with Crippen LogP contribution >= 0.6 is 0 Å². The van der Waals surface area contributed by atoms with Gasteiger partial charge in [-0.15, -0.1) is 0 Å². The fraction of sp³-hybridized carbons (Fsp3) is 0.263. The molecule has 0 amide bonds. The highest BCUT2D eigenvalue weighted by Crippen LogP contribution is 2.50. The zero-order valence-corrected chi connectivity index (χ0v) is 12.6. The summed E-state index contributed by atoms with van der Waals surface area (Å²) in [4.78, 5) is 0. The molecule has 0 unspecified atom stereocenters. The van der Waals surface area contributed by atoms with Gasteiger partial charge in [0.1, 0.15) is 5.82 Å². The van der Waals surface area contributed by atoms with Crippen molar-refractivity contribution in [2.45, 2.75) is 24.6 Å². The number of hydrogen-bond acceptors (Lipinski definition) is 1. The predicted molar refractivity (Wildman–Crippen MR) is 84.2 cm³/mol. The molecule has 124 valence electrons. The van der Waals surface area contributed by atoms with E-state index in [1.165, 1.54) is 24.3 Å². The van der Waals surface area contributed by atoms with Crippen molar-refractivity contribution in [1.29, 1.82) is 0 Å². The normalized spacial score (nSPS) is 25.1. The van der Waals surface area contributed by atoms with E-state index in [-0.39, 0.29) is 23.7 Å². The standard InChI is InChI=1S/C19H15F4N/c20-13-7-4-11(5-8-13)18-15-3-1-2-14(15)16-10-12(19(21,22)23)6-9-17(16)24-18/h1-2,4-10,14-15,18,24H,3H2/t14-,15-,18+/m1/s1. The molecule has 1 aliphatic heterocycles. The molecule has 0 saturated carbocycles. The Balaban J connectivity index is 1.76. The monoisotopic (exact) mass is 333 g/mol. The lowest BCUT2D eigenvalue weighted by molar-refractivity contribution is -0.137. The fourth-order valence-electron chi connectivity index (χ4n) is 3.77. The molecule has 0 radical (unpaired) electrons. The van der Waals surface area contributed by atoms with Crippen LogP contribution in [0.2, 0.25) is 0 Å². The smallest absolute Gasteiger partial charge is 0.378 e. The summed E-state index contributed by atoms with van der Waals surface area (Å²) in [6.45, 7) is 0. The van der Waals surface area contributed by atoms with Gasteiger partial charge in [0, 0.05) is 11.6 Å². The Bertz CT molecular complexity index is 792. The number of hydrogen-bond donors (Lipinski definition) is 1. The first-order valence-electron chi connectivity index (χ1n) is 7.83. The summed E-state index contributed by atoms with van der Waals surface area (Å²) in [5, 5.41) is 3.35. The molecule has 24 heavy (non-hydrogen) atoms. The maximum absolute atomic E-state index is 13.2. The average Bonchev–Trinajstić information content (AvgIpc) is 3.03. The molecule has 2 aromatic rings. The molecule has 2 aromatic carbocycles.